The molecule has 0 fully saturated rings. The predicted octanol–water partition coefficient (Wildman–Crippen LogP) is 5.40. The number of esters is 1. The molecule has 2 aliphatic rings. The molecular weight excluding hydrogens is 433 g/mol. The lowest BCUT2D eigenvalue weighted by atomic mass is 9.71. The highest BCUT2D eigenvalue weighted by Crippen LogP contribution is 2.45. The molecule has 4 rings (SSSR count). The molecular formula is C28H30FNO4. The number of ether oxygens (including phenoxy) is 2. The Kier molecular flexibility index (Phi) is 6.87. The minimum Gasteiger partial charge on any atom is -0.497 e. The van der Waals surface area contributed by atoms with E-state index in [1.54, 1.807) is 19.2 Å². The van der Waals surface area contributed by atoms with E-state index in [0.29, 0.717) is 35.2 Å². The van der Waals surface area contributed by atoms with Crippen LogP contribution >= 0.6 is 0 Å². The fourth-order valence-corrected chi connectivity index (χ4v) is 4.76. The first-order valence-electron chi connectivity index (χ1n) is 11.6. The second-order valence-electron chi connectivity index (χ2n) is 9.34. The summed E-state index contributed by atoms with van der Waals surface area (Å²) in [5.41, 5.74) is 3.92. The monoisotopic (exact) mass is 463 g/mol. The van der Waals surface area contributed by atoms with Gasteiger partial charge in [-0.25, -0.2) is 9.18 Å². The fourth-order valence-electron chi connectivity index (χ4n) is 4.76. The summed E-state index contributed by atoms with van der Waals surface area (Å²) in [5, 5.41) is 3.32. The van der Waals surface area contributed by atoms with Gasteiger partial charge in [0, 0.05) is 29.3 Å². The van der Waals surface area contributed by atoms with Gasteiger partial charge in [0.1, 0.15) is 11.6 Å². The Labute approximate surface area is 199 Å². The van der Waals surface area contributed by atoms with E-state index in [2.05, 4.69) is 5.32 Å². The van der Waals surface area contributed by atoms with Crippen LogP contribution in [0.25, 0.3) is 0 Å². The maximum atomic E-state index is 14.2. The zero-order valence-electron chi connectivity index (χ0n) is 20.0. The van der Waals surface area contributed by atoms with Crippen LogP contribution in [-0.4, -0.2) is 25.5 Å². The number of carbonyl (C=O) groups is 2. The lowest BCUT2D eigenvalue weighted by molar-refractivity contribution is -0.140. The number of methoxy groups -OCH3 is 1. The van der Waals surface area contributed by atoms with Crippen LogP contribution < -0.4 is 10.1 Å². The first-order chi connectivity index (χ1) is 16.3. The Bertz CT molecular complexity index is 1160. The number of rotatable bonds is 6. The summed E-state index contributed by atoms with van der Waals surface area (Å²) in [6.07, 6.45) is 0.927. The van der Waals surface area contributed by atoms with Crippen LogP contribution in [-0.2, 0) is 14.3 Å². The molecule has 0 bridgehead atoms. The molecule has 1 N–H and O–H groups in total. The molecule has 0 saturated carbocycles. The number of benzene rings is 2. The molecule has 6 heteroatoms. The highest BCUT2D eigenvalue weighted by Gasteiger charge is 2.41. The van der Waals surface area contributed by atoms with Crippen molar-refractivity contribution in [2.75, 3.05) is 13.7 Å². The van der Waals surface area contributed by atoms with Gasteiger partial charge in [-0.1, -0.05) is 38.1 Å². The molecule has 0 amide bonds. The number of hydrogen-bond acceptors (Lipinski definition) is 5. The molecule has 5 nitrogen and oxygen atoms in total. The van der Waals surface area contributed by atoms with E-state index in [1.165, 1.54) is 12.1 Å². The normalized spacial score (nSPS) is 20.2. The van der Waals surface area contributed by atoms with Gasteiger partial charge in [-0.15, -0.1) is 0 Å². The number of hydrogen-bond donors (Lipinski definition) is 1. The Morgan fingerprint density at radius 3 is 2.50 bits per heavy atom. The van der Waals surface area contributed by atoms with Crippen molar-refractivity contribution >= 4 is 11.8 Å². The summed E-state index contributed by atoms with van der Waals surface area (Å²) in [5.74, 6) is -0.683. The fraction of sp³-hybridized carbons (Fsp3) is 0.357. The van der Waals surface area contributed by atoms with Crippen molar-refractivity contribution < 1.29 is 23.5 Å². The lowest BCUT2D eigenvalue weighted by Crippen LogP contribution is -2.36. The van der Waals surface area contributed by atoms with Gasteiger partial charge in [0.15, 0.2) is 5.78 Å². The minimum absolute atomic E-state index is 0.0000538. The number of dihydropyridines is 1. The van der Waals surface area contributed by atoms with Crippen LogP contribution in [0.1, 0.15) is 56.6 Å². The molecule has 1 aliphatic carbocycles. The zero-order valence-corrected chi connectivity index (χ0v) is 20.0. The van der Waals surface area contributed by atoms with Gasteiger partial charge in [0.2, 0.25) is 0 Å². The molecule has 2 atom stereocenters. The SMILES string of the molecule is COc1ccc([C@H]2CC(=O)C3=C(C2)NC(C)=C(C(=O)OCC(C)C)[C@@H]3c2cccc(F)c2)cc1. The number of halogens is 1. The van der Waals surface area contributed by atoms with E-state index in [9.17, 15) is 14.0 Å². The Balaban J connectivity index is 1.74. The van der Waals surface area contributed by atoms with Crippen LogP contribution in [0.5, 0.6) is 5.75 Å². The van der Waals surface area contributed by atoms with Crippen molar-refractivity contribution in [3.05, 3.63) is 88.0 Å². The van der Waals surface area contributed by atoms with Crippen LogP contribution in [0.15, 0.2) is 71.1 Å². The molecule has 34 heavy (non-hydrogen) atoms. The third-order valence-corrected chi connectivity index (χ3v) is 6.36. The van der Waals surface area contributed by atoms with Gasteiger partial charge in [-0.05, 0) is 60.6 Å². The summed E-state index contributed by atoms with van der Waals surface area (Å²) < 4.78 is 25.0. The van der Waals surface area contributed by atoms with Crippen LogP contribution in [0.3, 0.4) is 0 Å². The third kappa shape index (κ3) is 4.76. The maximum absolute atomic E-state index is 14.2. The quantitative estimate of drug-likeness (QED) is 0.582. The van der Waals surface area contributed by atoms with Crippen LogP contribution in [0.2, 0.25) is 0 Å². The molecule has 1 heterocycles. The molecule has 2 aromatic carbocycles. The highest BCUT2D eigenvalue weighted by atomic mass is 19.1. The van der Waals surface area contributed by atoms with Crippen molar-refractivity contribution in [3.63, 3.8) is 0 Å². The smallest absolute Gasteiger partial charge is 0.336 e. The van der Waals surface area contributed by atoms with Gasteiger partial charge in [0.05, 0.1) is 19.3 Å². The molecule has 1 aliphatic heterocycles. The molecule has 0 spiro atoms. The maximum Gasteiger partial charge on any atom is 0.336 e. The number of Topliss-reactive ketones (excluding diaryl/α,β-unsaturated/α-hetero) is 1. The second kappa shape index (κ2) is 9.84. The van der Waals surface area contributed by atoms with Gasteiger partial charge in [0.25, 0.3) is 0 Å². The summed E-state index contributed by atoms with van der Waals surface area (Å²) >= 11 is 0. The molecule has 0 radical (unpaired) electrons. The van der Waals surface area contributed by atoms with Crippen LogP contribution in [0, 0.1) is 11.7 Å². The van der Waals surface area contributed by atoms with E-state index in [1.807, 2.05) is 45.0 Å². The van der Waals surface area contributed by atoms with Gasteiger partial charge >= 0.3 is 5.97 Å². The Hall–Kier alpha value is -3.41. The number of allylic oxidation sites excluding steroid dienone is 3. The van der Waals surface area contributed by atoms with Gasteiger partial charge in [-0.3, -0.25) is 4.79 Å². The number of carbonyl (C=O) groups excluding carboxylic acids is 2. The van der Waals surface area contributed by atoms with E-state index in [4.69, 9.17) is 9.47 Å². The third-order valence-electron chi connectivity index (χ3n) is 6.36. The molecule has 2 aromatic rings. The first kappa shape index (κ1) is 23.7. The van der Waals surface area contributed by atoms with Crippen molar-refractivity contribution in [1.29, 1.82) is 0 Å². The number of ketones is 1. The summed E-state index contributed by atoms with van der Waals surface area (Å²) in [6.45, 7) is 6.00. The topological polar surface area (TPSA) is 64.6 Å². The van der Waals surface area contributed by atoms with E-state index in [-0.39, 0.29) is 24.2 Å². The summed E-state index contributed by atoms with van der Waals surface area (Å²) in [7, 11) is 1.62. The van der Waals surface area contributed by atoms with Gasteiger partial charge in [-0.2, -0.15) is 0 Å². The van der Waals surface area contributed by atoms with Crippen molar-refractivity contribution in [2.24, 2.45) is 5.92 Å². The summed E-state index contributed by atoms with van der Waals surface area (Å²) in [4.78, 5) is 26.7. The highest BCUT2D eigenvalue weighted by molar-refractivity contribution is 6.04. The van der Waals surface area contributed by atoms with Crippen molar-refractivity contribution in [1.82, 2.24) is 5.32 Å². The lowest BCUT2D eigenvalue weighted by Gasteiger charge is -2.36. The Morgan fingerprint density at radius 2 is 1.85 bits per heavy atom. The van der Waals surface area contributed by atoms with Crippen LogP contribution in [0.4, 0.5) is 4.39 Å². The molecule has 0 unspecified atom stereocenters. The summed E-state index contributed by atoms with van der Waals surface area (Å²) in [6, 6.07) is 13.9. The van der Waals surface area contributed by atoms with Gasteiger partial charge < -0.3 is 14.8 Å². The zero-order chi connectivity index (χ0) is 24.4. The molecule has 178 valence electrons. The number of nitrogens with one attached hydrogen (secondary N) is 1. The van der Waals surface area contributed by atoms with Crippen molar-refractivity contribution in [2.45, 2.75) is 45.4 Å². The van der Waals surface area contributed by atoms with E-state index in [0.717, 1.165) is 17.0 Å². The average Bonchev–Trinajstić information content (AvgIpc) is 2.81. The van der Waals surface area contributed by atoms with E-state index < -0.39 is 17.7 Å². The molecule has 0 aromatic heterocycles. The second-order valence-corrected chi connectivity index (χ2v) is 9.34. The minimum atomic E-state index is -0.670. The molecule has 0 saturated heterocycles. The predicted molar refractivity (Wildman–Crippen MR) is 128 cm³/mol. The standard InChI is InChI=1S/C28H30FNO4/c1-16(2)15-34-28(32)25-17(3)30-23-13-20(18-8-10-22(33-4)11-9-18)14-24(31)27(23)26(25)19-6-5-7-21(29)12-19/h5-12,16,20,26,30H,13-15H2,1-4H3/t20-,26+/m1/s1. The first-order valence-corrected chi connectivity index (χ1v) is 11.6. The van der Waals surface area contributed by atoms with Crippen molar-refractivity contribution in [3.8, 4) is 5.75 Å². The largest absolute Gasteiger partial charge is 0.497 e. The average molecular weight is 464 g/mol. The Morgan fingerprint density at radius 1 is 1.12 bits per heavy atom. The van der Waals surface area contributed by atoms with E-state index >= 15 is 0 Å².